The maximum Gasteiger partial charge on any atom is 0.119 e. The van der Waals surface area contributed by atoms with Crippen molar-refractivity contribution in [2.24, 2.45) is 0 Å². The van der Waals surface area contributed by atoms with E-state index in [1.807, 2.05) is 0 Å². The van der Waals surface area contributed by atoms with Gasteiger partial charge in [-0.2, -0.15) is 0 Å². The van der Waals surface area contributed by atoms with Crippen molar-refractivity contribution in [2.75, 3.05) is 0 Å². The summed E-state index contributed by atoms with van der Waals surface area (Å²) >= 11 is 0. The van der Waals surface area contributed by atoms with Gasteiger partial charge in [-0.1, -0.05) is 12.8 Å². The van der Waals surface area contributed by atoms with Crippen molar-refractivity contribution in [1.82, 2.24) is 0 Å². The molecule has 0 amide bonds. The van der Waals surface area contributed by atoms with Crippen LogP contribution in [0.15, 0.2) is 16.5 Å². The zero-order valence-electron chi connectivity index (χ0n) is 11.6. The number of carbonyl (C=O) groups is 2. The molecule has 0 bridgehead atoms. The molecule has 0 unspecified atom stereocenters. The molecule has 0 N–H and O–H groups in total. The fourth-order valence-electron chi connectivity index (χ4n) is 2.10. The highest BCUT2D eigenvalue weighted by molar-refractivity contribution is 5.49. The number of rotatable bonds is 12. The molecule has 3 nitrogen and oxygen atoms in total. The molecular formula is C16H24O3. The molecule has 0 atom stereocenters. The van der Waals surface area contributed by atoms with E-state index in [1.165, 1.54) is 0 Å². The molecule has 1 rings (SSSR count). The Morgan fingerprint density at radius 2 is 1.21 bits per heavy atom. The van der Waals surface area contributed by atoms with Gasteiger partial charge >= 0.3 is 0 Å². The smallest absolute Gasteiger partial charge is 0.119 e. The van der Waals surface area contributed by atoms with Gasteiger partial charge in [0.05, 0.1) is 0 Å². The normalized spacial score (nSPS) is 10.5. The molecule has 0 aliphatic heterocycles. The quantitative estimate of drug-likeness (QED) is 0.425. The first-order chi connectivity index (χ1) is 9.36. The van der Waals surface area contributed by atoms with Gasteiger partial charge in [0.2, 0.25) is 0 Å². The lowest BCUT2D eigenvalue weighted by molar-refractivity contribution is -0.108. The van der Waals surface area contributed by atoms with Crippen LogP contribution in [0.5, 0.6) is 0 Å². The molecule has 0 aliphatic rings. The van der Waals surface area contributed by atoms with Gasteiger partial charge in [0, 0.05) is 25.7 Å². The second kappa shape index (κ2) is 10.5. The lowest BCUT2D eigenvalue weighted by Crippen LogP contribution is -1.85. The summed E-state index contributed by atoms with van der Waals surface area (Å²) in [6.07, 6.45) is 11.5. The first-order valence-electron chi connectivity index (χ1n) is 7.31. The summed E-state index contributed by atoms with van der Waals surface area (Å²) in [6, 6.07) is 4.11. The van der Waals surface area contributed by atoms with E-state index in [-0.39, 0.29) is 0 Å². The van der Waals surface area contributed by atoms with Gasteiger partial charge in [-0.25, -0.2) is 0 Å². The van der Waals surface area contributed by atoms with E-state index in [4.69, 9.17) is 4.42 Å². The second-order valence-corrected chi connectivity index (χ2v) is 4.90. The summed E-state index contributed by atoms with van der Waals surface area (Å²) in [5.74, 6) is 2.10. The number of aryl methyl sites for hydroxylation is 2. The van der Waals surface area contributed by atoms with Gasteiger partial charge in [0.15, 0.2) is 0 Å². The molecule has 0 saturated heterocycles. The average molecular weight is 264 g/mol. The van der Waals surface area contributed by atoms with E-state index in [0.717, 1.165) is 75.5 Å². The number of hydrogen-bond donors (Lipinski definition) is 0. The molecular weight excluding hydrogens is 240 g/mol. The van der Waals surface area contributed by atoms with Crippen molar-refractivity contribution in [3.05, 3.63) is 23.7 Å². The Hall–Kier alpha value is -1.38. The number of furan rings is 1. The van der Waals surface area contributed by atoms with E-state index < -0.39 is 0 Å². The molecule has 0 radical (unpaired) electrons. The largest absolute Gasteiger partial charge is 0.466 e. The van der Waals surface area contributed by atoms with Gasteiger partial charge < -0.3 is 14.0 Å². The Kier molecular flexibility index (Phi) is 8.69. The number of unbranched alkanes of at least 4 members (excludes halogenated alkanes) is 6. The molecule has 19 heavy (non-hydrogen) atoms. The zero-order chi connectivity index (χ0) is 13.8. The molecule has 1 heterocycles. The minimum absolute atomic E-state index is 0.671. The first kappa shape index (κ1) is 15.7. The van der Waals surface area contributed by atoms with Gasteiger partial charge in [-0.15, -0.1) is 0 Å². The molecule has 1 aromatic heterocycles. The van der Waals surface area contributed by atoms with Gasteiger partial charge in [0.25, 0.3) is 0 Å². The van der Waals surface area contributed by atoms with Crippen LogP contribution in [-0.4, -0.2) is 12.6 Å². The predicted molar refractivity (Wildman–Crippen MR) is 75.2 cm³/mol. The van der Waals surface area contributed by atoms with Crippen LogP contribution in [0.4, 0.5) is 0 Å². The van der Waals surface area contributed by atoms with E-state index in [1.54, 1.807) is 0 Å². The Balaban J connectivity index is 2.10. The summed E-state index contributed by atoms with van der Waals surface area (Å²) in [6.45, 7) is 0. The van der Waals surface area contributed by atoms with Crippen molar-refractivity contribution < 1.29 is 14.0 Å². The van der Waals surface area contributed by atoms with E-state index in [2.05, 4.69) is 12.1 Å². The number of hydrogen-bond acceptors (Lipinski definition) is 3. The summed E-state index contributed by atoms with van der Waals surface area (Å²) in [7, 11) is 0. The molecule has 0 spiro atoms. The maximum absolute atomic E-state index is 10.2. The summed E-state index contributed by atoms with van der Waals surface area (Å²) in [5.41, 5.74) is 0. The van der Waals surface area contributed by atoms with Crippen LogP contribution in [0.3, 0.4) is 0 Å². The van der Waals surface area contributed by atoms with Gasteiger partial charge in [-0.3, -0.25) is 0 Å². The lowest BCUT2D eigenvalue weighted by Gasteiger charge is -1.98. The van der Waals surface area contributed by atoms with Crippen molar-refractivity contribution in [2.45, 2.75) is 64.2 Å². The minimum atomic E-state index is 0.671. The third-order valence-electron chi connectivity index (χ3n) is 3.21. The van der Waals surface area contributed by atoms with Gasteiger partial charge in [-0.05, 0) is 37.8 Å². The third kappa shape index (κ3) is 7.60. The van der Waals surface area contributed by atoms with Crippen LogP contribution >= 0.6 is 0 Å². The summed E-state index contributed by atoms with van der Waals surface area (Å²) < 4.78 is 5.76. The van der Waals surface area contributed by atoms with Crippen LogP contribution < -0.4 is 0 Å². The Morgan fingerprint density at radius 1 is 0.737 bits per heavy atom. The number of aldehydes is 2. The maximum atomic E-state index is 10.2. The topological polar surface area (TPSA) is 47.3 Å². The average Bonchev–Trinajstić information content (AvgIpc) is 2.86. The molecule has 106 valence electrons. The third-order valence-corrected chi connectivity index (χ3v) is 3.21. The SMILES string of the molecule is O=CCCCCCc1ccc(CCCCCC=O)o1. The zero-order valence-corrected chi connectivity index (χ0v) is 11.6. The van der Waals surface area contributed by atoms with E-state index >= 15 is 0 Å². The minimum Gasteiger partial charge on any atom is -0.466 e. The van der Waals surface area contributed by atoms with Crippen molar-refractivity contribution in [1.29, 1.82) is 0 Å². The molecule has 0 saturated carbocycles. The Labute approximate surface area is 115 Å². The van der Waals surface area contributed by atoms with E-state index in [0.29, 0.717) is 12.8 Å². The second-order valence-electron chi connectivity index (χ2n) is 4.90. The molecule has 0 aromatic carbocycles. The predicted octanol–water partition coefficient (Wildman–Crippen LogP) is 3.88. The van der Waals surface area contributed by atoms with Crippen LogP contribution in [0.2, 0.25) is 0 Å². The molecule has 3 heteroatoms. The van der Waals surface area contributed by atoms with Crippen LogP contribution in [0, 0.1) is 0 Å². The fraction of sp³-hybridized carbons (Fsp3) is 0.625. The van der Waals surface area contributed by atoms with Crippen molar-refractivity contribution in [3.63, 3.8) is 0 Å². The summed E-state index contributed by atoms with van der Waals surface area (Å²) in [4.78, 5) is 20.3. The Morgan fingerprint density at radius 3 is 1.63 bits per heavy atom. The van der Waals surface area contributed by atoms with Gasteiger partial charge in [0.1, 0.15) is 24.1 Å². The lowest BCUT2D eigenvalue weighted by atomic mass is 10.1. The van der Waals surface area contributed by atoms with E-state index in [9.17, 15) is 9.59 Å². The van der Waals surface area contributed by atoms with Crippen LogP contribution in [0.25, 0.3) is 0 Å². The Bertz CT molecular complexity index is 322. The standard InChI is InChI=1S/C16H24O3/c17-13-7-3-1-5-9-15-11-12-16(19-15)10-6-2-4-8-14-18/h11-14H,1-10H2. The van der Waals surface area contributed by atoms with Crippen molar-refractivity contribution >= 4 is 12.6 Å². The summed E-state index contributed by atoms with van der Waals surface area (Å²) in [5, 5.41) is 0. The number of carbonyl (C=O) groups excluding carboxylic acids is 2. The monoisotopic (exact) mass is 264 g/mol. The highest BCUT2D eigenvalue weighted by atomic mass is 16.3. The first-order valence-corrected chi connectivity index (χ1v) is 7.31. The highest BCUT2D eigenvalue weighted by Crippen LogP contribution is 2.14. The molecule has 0 fully saturated rings. The highest BCUT2D eigenvalue weighted by Gasteiger charge is 2.02. The molecule has 0 aliphatic carbocycles. The van der Waals surface area contributed by atoms with Crippen LogP contribution in [0.1, 0.15) is 62.9 Å². The van der Waals surface area contributed by atoms with Crippen LogP contribution in [-0.2, 0) is 22.4 Å². The van der Waals surface area contributed by atoms with Crippen molar-refractivity contribution in [3.8, 4) is 0 Å². The molecule has 1 aromatic rings. The fourth-order valence-corrected chi connectivity index (χ4v) is 2.10.